The van der Waals surface area contributed by atoms with Crippen molar-refractivity contribution < 1.29 is 14.8 Å². The van der Waals surface area contributed by atoms with Crippen LogP contribution in [0.4, 0.5) is 11.5 Å². The molecule has 1 aliphatic rings. The highest BCUT2D eigenvalue weighted by Gasteiger charge is 2.26. The molecule has 1 aromatic heterocycles. The van der Waals surface area contributed by atoms with Gasteiger partial charge < -0.3 is 15.2 Å². The Morgan fingerprint density at radius 3 is 2.88 bits per heavy atom. The number of aryl methyl sites for hydroxylation is 1. The first-order chi connectivity index (χ1) is 8.08. The van der Waals surface area contributed by atoms with Gasteiger partial charge in [0.2, 0.25) is 0 Å². The number of ether oxygens (including phenoxy) is 1. The Bertz CT molecular complexity index is 438. The van der Waals surface area contributed by atoms with Gasteiger partial charge in [-0.15, -0.1) is 0 Å². The minimum Gasteiger partial charge on any atom is -0.388 e. The van der Waals surface area contributed by atoms with Crippen molar-refractivity contribution in [1.29, 1.82) is 0 Å². The van der Waals surface area contributed by atoms with E-state index in [-0.39, 0.29) is 11.7 Å². The van der Waals surface area contributed by atoms with Gasteiger partial charge in [-0.05, 0) is 13.0 Å². The van der Waals surface area contributed by atoms with Gasteiger partial charge in [-0.2, -0.15) is 0 Å². The second kappa shape index (κ2) is 4.64. The van der Waals surface area contributed by atoms with E-state index >= 15 is 0 Å². The number of anilines is 1. The molecule has 0 aromatic carbocycles. The molecule has 0 saturated carbocycles. The van der Waals surface area contributed by atoms with E-state index in [9.17, 15) is 15.2 Å². The third kappa shape index (κ3) is 2.51. The van der Waals surface area contributed by atoms with E-state index in [2.05, 4.69) is 10.3 Å². The first-order valence-corrected chi connectivity index (χ1v) is 5.22. The molecule has 1 saturated heterocycles. The van der Waals surface area contributed by atoms with Crippen molar-refractivity contribution in [2.75, 3.05) is 18.5 Å². The average Bonchev–Trinajstić information content (AvgIpc) is 2.64. The molecule has 1 aromatic rings. The summed E-state index contributed by atoms with van der Waals surface area (Å²) in [4.78, 5) is 14.2. The molecule has 2 heterocycles. The Labute approximate surface area is 97.6 Å². The quantitative estimate of drug-likeness (QED) is 0.587. The molecule has 2 rings (SSSR count). The largest absolute Gasteiger partial charge is 0.388 e. The highest BCUT2D eigenvalue weighted by Crippen LogP contribution is 2.19. The molecule has 0 bridgehead atoms. The standard InChI is InChI=1S/C10H13N3O4/c1-6-8(13(15)16)2-3-10(11-6)12-7-4-17-5-9(7)14/h2-3,7,9,14H,4-5H2,1H3,(H,11,12)/t7-,9-/m0/s1. The number of hydrogen-bond acceptors (Lipinski definition) is 6. The fourth-order valence-corrected chi connectivity index (χ4v) is 1.70. The predicted molar refractivity (Wildman–Crippen MR) is 59.9 cm³/mol. The van der Waals surface area contributed by atoms with Crippen molar-refractivity contribution in [1.82, 2.24) is 4.98 Å². The van der Waals surface area contributed by atoms with E-state index in [4.69, 9.17) is 4.74 Å². The lowest BCUT2D eigenvalue weighted by atomic mass is 10.2. The lowest BCUT2D eigenvalue weighted by molar-refractivity contribution is -0.385. The van der Waals surface area contributed by atoms with Gasteiger partial charge in [-0.1, -0.05) is 0 Å². The Kier molecular flexibility index (Phi) is 3.21. The zero-order chi connectivity index (χ0) is 12.4. The first-order valence-electron chi connectivity index (χ1n) is 5.22. The molecule has 2 atom stereocenters. The Morgan fingerprint density at radius 1 is 1.59 bits per heavy atom. The van der Waals surface area contributed by atoms with Crippen LogP contribution in [-0.4, -0.2) is 40.4 Å². The maximum Gasteiger partial charge on any atom is 0.290 e. The molecule has 0 radical (unpaired) electrons. The molecule has 92 valence electrons. The number of nitrogens with one attached hydrogen (secondary N) is 1. The van der Waals surface area contributed by atoms with Gasteiger partial charge in [0.15, 0.2) is 0 Å². The van der Waals surface area contributed by atoms with Crippen molar-refractivity contribution in [3.8, 4) is 0 Å². The number of aliphatic hydroxyl groups excluding tert-OH is 1. The van der Waals surface area contributed by atoms with Gasteiger partial charge in [-0.25, -0.2) is 4.98 Å². The number of nitrogens with zero attached hydrogens (tertiary/aromatic N) is 2. The lowest BCUT2D eigenvalue weighted by Gasteiger charge is -2.15. The van der Waals surface area contributed by atoms with Crippen LogP contribution in [-0.2, 0) is 4.74 Å². The monoisotopic (exact) mass is 239 g/mol. The van der Waals surface area contributed by atoms with Gasteiger partial charge >= 0.3 is 0 Å². The van der Waals surface area contributed by atoms with Crippen molar-refractivity contribution in [3.05, 3.63) is 27.9 Å². The van der Waals surface area contributed by atoms with Crippen LogP contribution in [0.15, 0.2) is 12.1 Å². The van der Waals surface area contributed by atoms with E-state index < -0.39 is 11.0 Å². The summed E-state index contributed by atoms with van der Waals surface area (Å²) in [6.45, 7) is 2.27. The fourth-order valence-electron chi connectivity index (χ4n) is 1.70. The second-order valence-electron chi connectivity index (χ2n) is 3.91. The van der Waals surface area contributed by atoms with Crippen LogP contribution in [0.2, 0.25) is 0 Å². The second-order valence-corrected chi connectivity index (χ2v) is 3.91. The van der Waals surface area contributed by atoms with Crippen LogP contribution in [0.25, 0.3) is 0 Å². The molecule has 0 spiro atoms. The number of nitro groups is 1. The van der Waals surface area contributed by atoms with Gasteiger partial charge in [-0.3, -0.25) is 10.1 Å². The number of pyridine rings is 1. The van der Waals surface area contributed by atoms with Crippen LogP contribution in [0.5, 0.6) is 0 Å². The van der Waals surface area contributed by atoms with Crippen LogP contribution >= 0.6 is 0 Å². The molecular weight excluding hydrogens is 226 g/mol. The fraction of sp³-hybridized carbons (Fsp3) is 0.500. The highest BCUT2D eigenvalue weighted by molar-refractivity contribution is 5.45. The number of rotatable bonds is 3. The zero-order valence-electron chi connectivity index (χ0n) is 9.29. The summed E-state index contributed by atoms with van der Waals surface area (Å²) in [6, 6.07) is 2.70. The van der Waals surface area contributed by atoms with E-state index in [0.717, 1.165) is 0 Å². The van der Waals surface area contributed by atoms with Crippen LogP contribution in [0.3, 0.4) is 0 Å². The molecule has 0 unspecified atom stereocenters. The van der Waals surface area contributed by atoms with E-state index in [0.29, 0.717) is 24.7 Å². The summed E-state index contributed by atoms with van der Waals surface area (Å²) in [5.41, 5.74) is 0.326. The third-order valence-corrected chi connectivity index (χ3v) is 2.64. The number of aromatic nitrogens is 1. The molecule has 2 N–H and O–H groups in total. The summed E-state index contributed by atoms with van der Waals surface area (Å²) >= 11 is 0. The van der Waals surface area contributed by atoms with Crippen LogP contribution in [0, 0.1) is 17.0 Å². The molecule has 0 amide bonds. The molecule has 0 aliphatic carbocycles. The highest BCUT2D eigenvalue weighted by atomic mass is 16.6. The van der Waals surface area contributed by atoms with Gasteiger partial charge in [0.25, 0.3) is 5.69 Å². The molecule has 7 nitrogen and oxygen atoms in total. The topological polar surface area (TPSA) is 97.5 Å². The Morgan fingerprint density at radius 2 is 2.35 bits per heavy atom. The van der Waals surface area contributed by atoms with E-state index in [1.54, 1.807) is 6.92 Å². The van der Waals surface area contributed by atoms with Crippen molar-refractivity contribution in [2.24, 2.45) is 0 Å². The molecule has 1 fully saturated rings. The van der Waals surface area contributed by atoms with E-state index in [1.165, 1.54) is 12.1 Å². The minimum atomic E-state index is -0.577. The maximum atomic E-state index is 10.6. The van der Waals surface area contributed by atoms with Gasteiger partial charge in [0, 0.05) is 6.07 Å². The third-order valence-electron chi connectivity index (χ3n) is 2.64. The van der Waals surface area contributed by atoms with Gasteiger partial charge in [0.05, 0.1) is 30.3 Å². The predicted octanol–water partition coefficient (Wildman–Crippen LogP) is 0.470. The summed E-state index contributed by atoms with van der Waals surface area (Å²) in [5, 5.41) is 23.1. The van der Waals surface area contributed by atoms with Gasteiger partial charge in [0.1, 0.15) is 11.5 Å². The summed E-state index contributed by atoms with van der Waals surface area (Å²) in [5.74, 6) is 0.502. The first kappa shape index (κ1) is 11.7. The lowest BCUT2D eigenvalue weighted by Crippen LogP contribution is -2.32. The Balaban J connectivity index is 2.12. The normalized spacial score (nSPS) is 23.6. The molecule has 17 heavy (non-hydrogen) atoms. The van der Waals surface area contributed by atoms with Crippen LogP contribution in [0.1, 0.15) is 5.69 Å². The Hall–Kier alpha value is -1.73. The van der Waals surface area contributed by atoms with E-state index in [1.807, 2.05) is 0 Å². The van der Waals surface area contributed by atoms with Crippen LogP contribution < -0.4 is 5.32 Å². The molecule has 7 heteroatoms. The minimum absolute atomic E-state index is 0.0150. The number of aliphatic hydroxyl groups is 1. The van der Waals surface area contributed by atoms with Crippen molar-refractivity contribution in [3.63, 3.8) is 0 Å². The molecule has 1 aliphatic heterocycles. The summed E-state index contributed by atoms with van der Waals surface area (Å²) in [7, 11) is 0. The average molecular weight is 239 g/mol. The maximum absolute atomic E-state index is 10.6. The van der Waals surface area contributed by atoms with Crippen molar-refractivity contribution >= 4 is 11.5 Å². The van der Waals surface area contributed by atoms with Crippen molar-refractivity contribution in [2.45, 2.75) is 19.1 Å². The summed E-state index contributed by atoms with van der Waals surface area (Å²) in [6.07, 6.45) is -0.577. The number of hydrogen-bond donors (Lipinski definition) is 2. The SMILES string of the molecule is Cc1nc(N[C@H]2COC[C@@H]2O)ccc1[N+](=O)[O-]. The summed E-state index contributed by atoms with van der Waals surface area (Å²) < 4.78 is 5.09. The smallest absolute Gasteiger partial charge is 0.290 e. The molecular formula is C10H13N3O4. The zero-order valence-corrected chi connectivity index (χ0v) is 9.29.